The fourth-order valence-electron chi connectivity index (χ4n) is 3.58. The number of rotatable bonds is 7. The molecule has 1 atom stereocenters. The number of nitrogens with one attached hydrogen (secondary N) is 2. The van der Waals surface area contributed by atoms with Crippen LogP contribution in [0.15, 0.2) is 53.9 Å². The van der Waals surface area contributed by atoms with Gasteiger partial charge in [-0.3, -0.25) is 14.6 Å². The lowest BCUT2D eigenvalue weighted by molar-refractivity contribution is -0.138. The first-order valence-electron chi connectivity index (χ1n) is 10.3. The van der Waals surface area contributed by atoms with Gasteiger partial charge in [0, 0.05) is 37.1 Å². The van der Waals surface area contributed by atoms with Crippen LogP contribution in [0.1, 0.15) is 36.4 Å². The predicted molar refractivity (Wildman–Crippen MR) is 119 cm³/mol. The summed E-state index contributed by atoms with van der Waals surface area (Å²) in [5, 5.41) is 18.3. The largest absolute Gasteiger partial charge is 0.481 e. The minimum absolute atomic E-state index is 0.211. The van der Waals surface area contributed by atoms with Gasteiger partial charge >= 0.3 is 12.0 Å². The van der Waals surface area contributed by atoms with Crippen LogP contribution in [0, 0.1) is 5.92 Å². The molecule has 10 nitrogen and oxygen atoms in total. The summed E-state index contributed by atoms with van der Waals surface area (Å²) in [5.41, 5.74) is 2.12. The topological polar surface area (TPSA) is 150 Å². The highest BCUT2D eigenvalue weighted by Gasteiger charge is 2.29. The van der Waals surface area contributed by atoms with Gasteiger partial charge in [0.1, 0.15) is 0 Å². The van der Waals surface area contributed by atoms with Crippen LogP contribution in [0.25, 0.3) is 0 Å². The molecule has 0 radical (unpaired) electrons. The Labute approximate surface area is 185 Å². The Kier molecular flexibility index (Phi) is 7.74. The molecular formula is C22H26N6O4. The molecule has 3 rings (SSSR count). The van der Waals surface area contributed by atoms with Gasteiger partial charge in [-0.2, -0.15) is 5.10 Å². The predicted octanol–water partition coefficient (Wildman–Crippen LogP) is 1.95. The molecule has 1 aromatic heterocycles. The molecule has 10 heteroatoms. The lowest BCUT2D eigenvalue weighted by Gasteiger charge is -2.32. The molecule has 168 valence electrons. The van der Waals surface area contributed by atoms with Crippen molar-refractivity contribution in [3.63, 3.8) is 0 Å². The summed E-state index contributed by atoms with van der Waals surface area (Å²) < 4.78 is 0. The third-order valence-electron chi connectivity index (χ3n) is 5.32. The number of benzene rings is 1. The maximum Gasteiger partial charge on any atom is 0.321 e. The first-order valence-corrected chi connectivity index (χ1v) is 10.3. The van der Waals surface area contributed by atoms with Crippen LogP contribution < -0.4 is 16.5 Å². The van der Waals surface area contributed by atoms with E-state index < -0.39 is 12.0 Å². The van der Waals surface area contributed by atoms with Gasteiger partial charge in [-0.05, 0) is 42.2 Å². The van der Waals surface area contributed by atoms with Crippen molar-refractivity contribution in [3.8, 4) is 0 Å². The quantitative estimate of drug-likeness (QED) is 0.295. The average molecular weight is 438 g/mol. The monoisotopic (exact) mass is 438 g/mol. The molecule has 1 fully saturated rings. The molecular weight excluding hydrogens is 412 g/mol. The van der Waals surface area contributed by atoms with E-state index in [-0.39, 0.29) is 24.3 Å². The molecule has 1 aliphatic heterocycles. The Morgan fingerprint density at radius 3 is 2.53 bits per heavy atom. The van der Waals surface area contributed by atoms with Crippen molar-refractivity contribution in [1.82, 2.24) is 15.2 Å². The second kappa shape index (κ2) is 10.9. The van der Waals surface area contributed by atoms with Crippen molar-refractivity contribution >= 4 is 29.8 Å². The number of aromatic nitrogens is 1. The van der Waals surface area contributed by atoms with E-state index in [4.69, 9.17) is 5.84 Å². The first-order chi connectivity index (χ1) is 15.5. The second-order valence-corrected chi connectivity index (χ2v) is 7.54. The highest BCUT2D eigenvalue weighted by Crippen LogP contribution is 2.22. The van der Waals surface area contributed by atoms with Crippen LogP contribution in [-0.2, 0) is 9.59 Å². The number of carboxylic acids is 1. The summed E-state index contributed by atoms with van der Waals surface area (Å²) in [5.74, 6) is 3.62. The van der Waals surface area contributed by atoms with Crippen molar-refractivity contribution in [2.45, 2.75) is 25.3 Å². The molecule has 1 aliphatic rings. The number of piperidine rings is 1. The zero-order valence-corrected chi connectivity index (χ0v) is 17.5. The summed E-state index contributed by atoms with van der Waals surface area (Å²) in [7, 11) is 0. The Morgan fingerprint density at radius 1 is 1.22 bits per heavy atom. The highest BCUT2D eigenvalue weighted by molar-refractivity contribution is 5.90. The number of amides is 3. The molecule has 1 saturated heterocycles. The maximum atomic E-state index is 12.8. The number of hydrogen-bond donors (Lipinski definition) is 4. The number of aliphatic carboxylic acids is 1. The van der Waals surface area contributed by atoms with Crippen LogP contribution in [0.4, 0.5) is 10.5 Å². The number of hydrogen-bond acceptors (Lipinski definition) is 6. The fourth-order valence-corrected chi connectivity index (χ4v) is 3.58. The number of likely N-dealkylation sites (tertiary alicyclic amines) is 1. The van der Waals surface area contributed by atoms with Crippen molar-refractivity contribution < 1.29 is 19.5 Å². The molecule has 0 spiro atoms. The van der Waals surface area contributed by atoms with Crippen LogP contribution in [0.5, 0.6) is 0 Å². The van der Waals surface area contributed by atoms with Crippen LogP contribution in [0.3, 0.4) is 0 Å². The second-order valence-electron chi connectivity index (χ2n) is 7.54. The van der Waals surface area contributed by atoms with Crippen molar-refractivity contribution in [2.24, 2.45) is 16.9 Å². The normalized spacial score (nSPS) is 15.3. The number of urea groups is 1. The number of carbonyl (C=O) groups is 3. The molecule has 2 aromatic rings. The number of anilines is 1. The van der Waals surface area contributed by atoms with E-state index in [1.807, 2.05) is 0 Å². The standard InChI is InChI=1S/C22H26N6O4/c23-25-13-15-3-5-18(6-4-15)26-22(32)28-10-7-16(8-11-28)21(31)27-19(12-20(29)30)17-2-1-9-24-14-17/h1-6,9,13-14,16,19H,7-8,10-12,23H2,(H,26,32)(H,27,31)(H,29,30). The van der Waals surface area contributed by atoms with Crippen molar-refractivity contribution in [2.75, 3.05) is 18.4 Å². The lowest BCUT2D eigenvalue weighted by Crippen LogP contribution is -2.45. The lowest BCUT2D eigenvalue weighted by atomic mass is 9.95. The smallest absolute Gasteiger partial charge is 0.321 e. The molecule has 0 saturated carbocycles. The van der Waals surface area contributed by atoms with E-state index in [1.54, 1.807) is 53.7 Å². The van der Waals surface area contributed by atoms with E-state index in [9.17, 15) is 19.5 Å². The summed E-state index contributed by atoms with van der Waals surface area (Å²) in [6.07, 6.45) is 5.42. The molecule has 0 aliphatic carbocycles. The SMILES string of the molecule is NN=Cc1ccc(NC(=O)N2CCC(C(=O)NC(CC(=O)O)c3cccnc3)CC2)cc1. The Balaban J connectivity index is 1.52. The Hall–Kier alpha value is -3.95. The molecule has 32 heavy (non-hydrogen) atoms. The number of nitrogens with two attached hydrogens (primary N) is 1. The third kappa shape index (κ3) is 6.27. The average Bonchev–Trinajstić information content (AvgIpc) is 2.80. The van der Waals surface area contributed by atoms with Crippen LogP contribution in [-0.4, -0.2) is 52.2 Å². The fraction of sp³-hybridized carbons (Fsp3) is 0.318. The van der Waals surface area contributed by atoms with E-state index in [2.05, 4.69) is 20.7 Å². The van der Waals surface area contributed by atoms with Crippen LogP contribution in [0.2, 0.25) is 0 Å². The van der Waals surface area contributed by atoms with Gasteiger partial charge in [0.25, 0.3) is 0 Å². The molecule has 2 heterocycles. The molecule has 0 bridgehead atoms. The highest BCUT2D eigenvalue weighted by atomic mass is 16.4. The Morgan fingerprint density at radius 2 is 1.94 bits per heavy atom. The number of hydrazone groups is 1. The molecule has 1 aromatic carbocycles. The molecule has 1 unspecified atom stereocenters. The van der Waals surface area contributed by atoms with Gasteiger partial charge in [0.15, 0.2) is 0 Å². The summed E-state index contributed by atoms with van der Waals surface area (Å²) >= 11 is 0. The summed E-state index contributed by atoms with van der Waals surface area (Å²) in [6, 6.07) is 9.66. The maximum absolute atomic E-state index is 12.8. The first kappa shape index (κ1) is 22.7. The third-order valence-corrected chi connectivity index (χ3v) is 5.32. The summed E-state index contributed by atoms with van der Waals surface area (Å²) in [4.78, 5) is 42.2. The van der Waals surface area contributed by atoms with E-state index in [0.29, 0.717) is 37.2 Å². The van der Waals surface area contributed by atoms with Gasteiger partial charge in [-0.25, -0.2) is 4.79 Å². The zero-order chi connectivity index (χ0) is 22.9. The number of carbonyl (C=O) groups excluding carboxylic acids is 2. The van der Waals surface area contributed by atoms with Crippen LogP contribution >= 0.6 is 0 Å². The number of pyridine rings is 1. The van der Waals surface area contributed by atoms with E-state index in [0.717, 1.165) is 5.56 Å². The van der Waals surface area contributed by atoms with Gasteiger partial charge < -0.3 is 26.5 Å². The van der Waals surface area contributed by atoms with Gasteiger partial charge in [-0.1, -0.05) is 18.2 Å². The minimum atomic E-state index is -1.01. The van der Waals surface area contributed by atoms with Crippen molar-refractivity contribution in [3.05, 3.63) is 59.9 Å². The van der Waals surface area contributed by atoms with E-state index >= 15 is 0 Å². The molecule has 3 amide bonds. The summed E-state index contributed by atoms with van der Waals surface area (Å²) in [6.45, 7) is 0.858. The van der Waals surface area contributed by atoms with Crippen molar-refractivity contribution in [1.29, 1.82) is 0 Å². The van der Waals surface area contributed by atoms with Gasteiger partial charge in [0.05, 0.1) is 18.7 Å². The minimum Gasteiger partial charge on any atom is -0.481 e. The van der Waals surface area contributed by atoms with Gasteiger partial charge in [0.2, 0.25) is 5.91 Å². The van der Waals surface area contributed by atoms with E-state index in [1.165, 1.54) is 6.21 Å². The zero-order valence-electron chi connectivity index (χ0n) is 17.5. The number of nitrogens with zero attached hydrogens (tertiary/aromatic N) is 3. The molecule has 5 N–H and O–H groups in total. The number of carboxylic acid groups (broad SMARTS) is 1. The Bertz CT molecular complexity index is 956. The van der Waals surface area contributed by atoms with Gasteiger partial charge in [-0.15, -0.1) is 0 Å².